The third kappa shape index (κ3) is 3.86. The third-order valence-corrected chi connectivity index (χ3v) is 7.08. The van der Waals surface area contributed by atoms with Crippen molar-refractivity contribution in [3.63, 3.8) is 0 Å². The van der Waals surface area contributed by atoms with E-state index in [9.17, 15) is 23.2 Å². The number of benzene rings is 1. The highest BCUT2D eigenvalue weighted by Crippen LogP contribution is 2.48. The summed E-state index contributed by atoms with van der Waals surface area (Å²) < 4.78 is 42.0. The van der Waals surface area contributed by atoms with E-state index in [1.165, 1.54) is 29.4 Å². The van der Waals surface area contributed by atoms with Gasteiger partial charge in [0.05, 0.1) is 11.5 Å². The Morgan fingerprint density at radius 2 is 2.03 bits per heavy atom. The number of nitriles is 1. The van der Waals surface area contributed by atoms with E-state index in [0.29, 0.717) is 31.1 Å². The van der Waals surface area contributed by atoms with Crippen molar-refractivity contribution in [2.45, 2.75) is 50.4 Å². The predicted octanol–water partition coefficient (Wildman–Crippen LogP) is 5.53. The molecule has 1 aromatic heterocycles. The molecule has 1 aliphatic rings. The molecular formula is C22H22F3N3OS. The van der Waals surface area contributed by atoms with E-state index in [-0.39, 0.29) is 11.4 Å². The zero-order valence-electron chi connectivity index (χ0n) is 16.9. The first-order chi connectivity index (χ1) is 14.0. The minimum atomic E-state index is -3.34. The van der Waals surface area contributed by atoms with Crippen LogP contribution in [-0.2, 0) is 16.1 Å². The van der Waals surface area contributed by atoms with E-state index in [0.717, 1.165) is 17.0 Å². The van der Waals surface area contributed by atoms with E-state index in [1.807, 2.05) is 6.92 Å². The Kier molecular flexibility index (Phi) is 5.79. The van der Waals surface area contributed by atoms with Crippen LogP contribution in [0, 0.1) is 22.6 Å². The van der Waals surface area contributed by atoms with Crippen LogP contribution in [0.25, 0.3) is 0 Å². The summed E-state index contributed by atoms with van der Waals surface area (Å²) in [6, 6.07) is 8.96. The van der Waals surface area contributed by atoms with E-state index in [4.69, 9.17) is 5.41 Å². The first-order valence-corrected chi connectivity index (χ1v) is 10.3. The van der Waals surface area contributed by atoms with Crippen LogP contribution in [0.15, 0.2) is 30.3 Å². The van der Waals surface area contributed by atoms with Crippen LogP contribution < -0.4 is 0 Å². The maximum atomic E-state index is 14.6. The average Bonchev–Trinajstić information content (AvgIpc) is 3.15. The number of nitrogens with one attached hydrogen (secondary N) is 1. The van der Waals surface area contributed by atoms with Crippen LogP contribution >= 0.6 is 11.3 Å². The molecule has 1 fully saturated rings. The SMILES string of the molecule is CN1C(=N)CCC[C@](C)(c2ccc(C#N)s2)[C@@H](c2ccc(C(C)(F)F)c(F)c2)C1=O. The van der Waals surface area contributed by atoms with Crippen molar-refractivity contribution in [2.75, 3.05) is 7.05 Å². The Bertz CT molecular complexity index is 1040. The fourth-order valence-electron chi connectivity index (χ4n) is 4.08. The van der Waals surface area contributed by atoms with Crippen LogP contribution in [0.4, 0.5) is 13.2 Å². The summed E-state index contributed by atoms with van der Waals surface area (Å²) >= 11 is 1.27. The highest BCUT2D eigenvalue weighted by atomic mass is 32.1. The number of carbonyl (C=O) groups is 1. The van der Waals surface area contributed by atoms with Gasteiger partial charge < -0.3 is 4.90 Å². The number of carbonyl (C=O) groups excluding carboxylic acids is 1. The smallest absolute Gasteiger partial charge is 0.273 e. The van der Waals surface area contributed by atoms with Gasteiger partial charge in [0.1, 0.15) is 22.6 Å². The molecule has 0 radical (unpaired) electrons. The number of amidine groups is 1. The van der Waals surface area contributed by atoms with E-state index >= 15 is 0 Å². The molecule has 0 unspecified atom stereocenters. The lowest BCUT2D eigenvalue weighted by Gasteiger charge is -2.40. The highest BCUT2D eigenvalue weighted by molar-refractivity contribution is 7.12. The van der Waals surface area contributed by atoms with Gasteiger partial charge in [-0.2, -0.15) is 5.26 Å². The fraction of sp³-hybridized carbons (Fsp3) is 0.409. The van der Waals surface area contributed by atoms with Crippen LogP contribution in [0.2, 0.25) is 0 Å². The van der Waals surface area contributed by atoms with Crippen molar-refractivity contribution in [1.29, 1.82) is 10.7 Å². The molecule has 8 heteroatoms. The van der Waals surface area contributed by atoms with Gasteiger partial charge >= 0.3 is 0 Å². The number of thiophene rings is 1. The molecule has 0 bridgehead atoms. The van der Waals surface area contributed by atoms with Crippen molar-refractivity contribution in [3.8, 4) is 6.07 Å². The normalized spacial score (nSPS) is 23.1. The summed E-state index contributed by atoms with van der Waals surface area (Å²) in [6.45, 7) is 2.51. The largest absolute Gasteiger partial charge is 0.303 e. The molecule has 2 aromatic rings. The van der Waals surface area contributed by atoms with Crippen LogP contribution in [0.3, 0.4) is 0 Å². The summed E-state index contributed by atoms with van der Waals surface area (Å²) in [5.41, 5.74) is -1.23. The summed E-state index contributed by atoms with van der Waals surface area (Å²) in [6.07, 6.45) is 1.56. The van der Waals surface area contributed by atoms with Gasteiger partial charge in [0.15, 0.2) is 0 Å². The Morgan fingerprint density at radius 3 is 2.60 bits per heavy atom. The molecule has 4 nitrogen and oxygen atoms in total. The van der Waals surface area contributed by atoms with E-state index in [2.05, 4.69) is 6.07 Å². The summed E-state index contributed by atoms with van der Waals surface area (Å²) in [7, 11) is 1.50. The quantitative estimate of drug-likeness (QED) is 0.691. The van der Waals surface area contributed by atoms with E-state index < -0.39 is 34.5 Å². The second kappa shape index (κ2) is 7.88. The number of rotatable bonds is 3. The van der Waals surface area contributed by atoms with Gasteiger partial charge in [-0.25, -0.2) is 13.2 Å². The van der Waals surface area contributed by atoms with Crippen molar-refractivity contribution in [3.05, 3.63) is 57.0 Å². The summed E-state index contributed by atoms with van der Waals surface area (Å²) in [5, 5.41) is 17.4. The number of nitrogens with zero attached hydrogens (tertiary/aromatic N) is 2. The first-order valence-electron chi connectivity index (χ1n) is 9.52. The monoisotopic (exact) mass is 433 g/mol. The minimum absolute atomic E-state index is 0.160. The second-order valence-corrected chi connectivity index (χ2v) is 9.04. The van der Waals surface area contributed by atoms with Crippen molar-refractivity contribution < 1.29 is 18.0 Å². The van der Waals surface area contributed by atoms with E-state index in [1.54, 1.807) is 12.1 Å². The fourth-order valence-corrected chi connectivity index (χ4v) is 5.09. The summed E-state index contributed by atoms with van der Waals surface area (Å²) in [5.74, 6) is -5.54. The number of hydrogen-bond donors (Lipinski definition) is 1. The molecular weight excluding hydrogens is 411 g/mol. The number of hydrogen-bond acceptors (Lipinski definition) is 4. The lowest BCUT2D eigenvalue weighted by molar-refractivity contribution is -0.130. The van der Waals surface area contributed by atoms with Gasteiger partial charge in [-0.1, -0.05) is 13.0 Å². The third-order valence-electron chi connectivity index (χ3n) is 5.81. The Labute approximate surface area is 177 Å². The lowest BCUT2D eigenvalue weighted by atomic mass is 9.67. The number of likely N-dealkylation sites (tertiary alicyclic amines) is 1. The molecule has 30 heavy (non-hydrogen) atoms. The second-order valence-electron chi connectivity index (χ2n) is 7.95. The standard InChI is InChI=1S/C22H22F3N3OS/c1-21(17-9-7-14(12-26)30-17)10-4-5-18(27)28(3)20(29)19(21)13-6-8-15(16(23)11-13)22(2,24)25/h6-9,11,19,27H,4-5,10H2,1-3H3/t19-,21+/m0/s1. The van der Waals surface area contributed by atoms with Crippen LogP contribution in [0.5, 0.6) is 0 Å². The molecule has 1 amide bonds. The molecule has 2 atom stereocenters. The van der Waals surface area contributed by atoms with Crippen molar-refractivity contribution >= 4 is 23.1 Å². The lowest BCUT2D eigenvalue weighted by Crippen LogP contribution is -2.46. The molecule has 1 aliphatic heterocycles. The van der Waals surface area contributed by atoms with Gasteiger partial charge in [-0.15, -0.1) is 11.3 Å². The molecule has 3 rings (SSSR count). The predicted molar refractivity (Wildman–Crippen MR) is 109 cm³/mol. The maximum absolute atomic E-state index is 14.6. The average molecular weight is 433 g/mol. The van der Waals surface area contributed by atoms with Gasteiger partial charge in [0, 0.05) is 30.7 Å². The van der Waals surface area contributed by atoms with Crippen molar-refractivity contribution in [1.82, 2.24) is 4.90 Å². The minimum Gasteiger partial charge on any atom is -0.303 e. The Hall–Kier alpha value is -2.66. The summed E-state index contributed by atoms with van der Waals surface area (Å²) in [4.78, 5) is 16.0. The van der Waals surface area contributed by atoms with Gasteiger partial charge in [-0.05, 0) is 42.7 Å². The first kappa shape index (κ1) is 22.0. The number of alkyl halides is 2. The number of likely N-dealkylation sites (N-methyl/N-ethyl adjacent to an activating group) is 1. The molecule has 1 aromatic carbocycles. The van der Waals surface area contributed by atoms with Crippen molar-refractivity contribution in [2.24, 2.45) is 0 Å². The molecule has 1 N–H and O–H groups in total. The molecule has 2 heterocycles. The zero-order chi connectivity index (χ0) is 22.3. The molecule has 158 valence electrons. The van der Waals surface area contributed by atoms with Gasteiger partial charge in [0.25, 0.3) is 5.92 Å². The zero-order valence-corrected chi connectivity index (χ0v) is 17.7. The Balaban J connectivity index is 2.19. The Morgan fingerprint density at radius 1 is 1.33 bits per heavy atom. The van der Waals surface area contributed by atoms with Crippen LogP contribution in [0.1, 0.15) is 59.9 Å². The van der Waals surface area contributed by atoms with Gasteiger partial charge in [-0.3, -0.25) is 10.2 Å². The number of halogens is 3. The number of amides is 1. The van der Waals surface area contributed by atoms with Gasteiger partial charge in [0.2, 0.25) is 5.91 Å². The molecule has 0 spiro atoms. The van der Waals surface area contributed by atoms with Crippen LogP contribution in [-0.4, -0.2) is 23.7 Å². The maximum Gasteiger partial charge on any atom is 0.273 e. The molecule has 1 saturated heterocycles. The molecule has 0 saturated carbocycles. The molecule has 0 aliphatic carbocycles. The topological polar surface area (TPSA) is 68.0 Å². The highest BCUT2D eigenvalue weighted by Gasteiger charge is 2.45.